The smallest absolute Gasteiger partial charge is 0.119 e. The maximum absolute atomic E-state index is 5.34. The van der Waals surface area contributed by atoms with Crippen LogP contribution in [0.1, 0.15) is 44.2 Å². The van der Waals surface area contributed by atoms with Crippen molar-refractivity contribution in [2.75, 3.05) is 13.7 Å². The van der Waals surface area contributed by atoms with E-state index in [4.69, 9.17) is 4.74 Å². The Bertz CT molecular complexity index is 390. The van der Waals surface area contributed by atoms with Crippen molar-refractivity contribution in [2.24, 2.45) is 5.92 Å². The SMILES string of the molecule is CCCNC(CC1CC1)c1cc(OC)ccc1Br. The fourth-order valence-electron chi connectivity index (χ4n) is 2.24. The first kappa shape index (κ1) is 13.9. The lowest BCUT2D eigenvalue weighted by molar-refractivity contribution is 0.411. The maximum atomic E-state index is 5.34. The largest absolute Gasteiger partial charge is 0.497 e. The van der Waals surface area contributed by atoms with Crippen LogP contribution in [0.5, 0.6) is 5.75 Å². The van der Waals surface area contributed by atoms with Crippen molar-refractivity contribution >= 4 is 15.9 Å². The van der Waals surface area contributed by atoms with E-state index in [1.54, 1.807) is 7.11 Å². The van der Waals surface area contributed by atoms with Crippen LogP contribution in [0.4, 0.5) is 0 Å². The quantitative estimate of drug-likeness (QED) is 0.810. The summed E-state index contributed by atoms with van der Waals surface area (Å²) in [5, 5.41) is 3.66. The highest BCUT2D eigenvalue weighted by Gasteiger charge is 2.27. The van der Waals surface area contributed by atoms with Gasteiger partial charge >= 0.3 is 0 Å². The van der Waals surface area contributed by atoms with Gasteiger partial charge in [-0.25, -0.2) is 0 Å². The predicted molar refractivity (Wildman–Crippen MR) is 79.1 cm³/mol. The van der Waals surface area contributed by atoms with E-state index in [1.165, 1.54) is 35.7 Å². The Kier molecular flexibility index (Phi) is 5.07. The van der Waals surface area contributed by atoms with Crippen LogP contribution in [0.3, 0.4) is 0 Å². The molecule has 0 aliphatic heterocycles. The summed E-state index contributed by atoms with van der Waals surface area (Å²) < 4.78 is 6.51. The van der Waals surface area contributed by atoms with Crippen LogP contribution in [0.2, 0.25) is 0 Å². The van der Waals surface area contributed by atoms with Crippen LogP contribution in [-0.4, -0.2) is 13.7 Å². The Morgan fingerprint density at radius 2 is 2.22 bits per heavy atom. The van der Waals surface area contributed by atoms with Crippen molar-refractivity contribution in [3.8, 4) is 5.75 Å². The average Bonchev–Trinajstić information content (AvgIpc) is 3.19. The number of ether oxygens (including phenoxy) is 1. The van der Waals surface area contributed by atoms with Gasteiger partial charge in [-0.3, -0.25) is 0 Å². The highest BCUT2D eigenvalue weighted by atomic mass is 79.9. The first-order valence-electron chi connectivity index (χ1n) is 6.81. The number of halogens is 1. The Morgan fingerprint density at radius 3 is 2.83 bits per heavy atom. The molecule has 1 atom stereocenters. The Morgan fingerprint density at radius 1 is 1.44 bits per heavy atom. The molecule has 100 valence electrons. The summed E-state index contributed by atoms with van der Waals surface area (Å²) in [5.74, 6) is 1.85. The van der Waals surface area contributed by atoms with Crippen molar-refractivity contribution in [1.29, 1.82) is 0 Å². The summed E-state index contributed by atoms with van der Waals surface area (Å²) in [4.78, 5) is 0. The Labute approximate surface area is 118 Å². The molecule has 0 aromatic heterocycles. The maximum Gasteiger partial charge on any atom is 0.119 e. The Hall–Kier alpha value is -0.540. The fraction of sp³-hybridized carbons (Fsp3) is 0.600. The van der Waals surface area contributed by atoms with E-state index in [9.17, 15) is 0 Å². The molecule has 1 aromatic carbocycles. The standard InChI is InChI=1S/C15H22BrNO/c1-3-8-17-15(9-11-4-5-11)13-10-12(18-2)6-7-14(13)16/h6-7,10-11,15,17H,3-5,8-9H2,1-2H3. The molecule has 1 aromatic rings. The van der Waals surface area contributed by atoms with Crippen LogP contribution < -0.4 is 10.1 Å². The summed E-state index contributed by atoms with van der Waals surface area (Å²) in [6.07, 6.45) is 5.20. The molecule has 0 spiro atoms. The van der Waals surface area contributed by atoms with Gasteiger partial charge in [0.25, 0.3) is 0 Å². The first-order valence-corrected chi connectivity index (χ1v) is 7.60. The van der Waals surface area contributed by atoms with Gasteiger partial charge in [0.2, 0.25) is 0 Å². The fourth-order valence-corrected chi connectivity index (χ4v) is 2.76. The third kappa shape index (κ3) is 3.72. The lowest BCUT2D eigenvalue weighted by Crippen LogP contribution is -2.23. The minimum absolute atomic E-state index is 0.446. The van der Waals surface area contributed by atoms with Gasteiger partial charge in [0.1, 0.15) is 5.75 Å². The minimum atomic E-state index is 0.446. The zero-order valence-corrected chi connectivity index (χ0v) is 12.8. The predicted octanol–water partition coefficient (Wildman–Crippen LogP) is 4.30. The molecule has 18 heavy (non-hydrogen) atoms. The van der Waals surface area contributed by atoms with Crippen LogP contribution in [0, 0.1) is 5.92 Å². The second kappa shape index (κ2) is 6.58. The molecule has 1 aliphatic rings. The molecule has 0 amide bonds. The van der Waals surface area contributed by atoms with Crippen LogP contribution in [0.25, 0.3) is 0 Å². The second-order valence-electron chi connectivity index (χ2n) is 5.07. The molecular weight excluding hydrogens is 290 g/mol. The minimum Gasteiger partial charge on any atom is -0.497 e. The van der Waals surface area contributed by atoms with Crippen LogP contribution in [0.15, 0.2) is 22.7 Å². The van der Waals surface area contributed by atoms with Gasteiger partial charge in [-0.1, -0.05) is 35.7 Å². The molecule has 2 rings (SSSR count). The lowest BCUT2D eigenvalue weighted by Gasteiger charge is -2.21. The zero-order valence-electron chi connectivity index (χ0n) is 11.2. The van der Waals surface area contributed by atoms with Gasteiger partial charge < -0.3 is 10.1 Å². The third-order valence-corrected chi connectivity index (χ3v) is 4.21. The summed E-state index contributed by atoms with van der Waals surface area (Å²) in [7, 11) is 1.72. The molecule has 0 radical (unpaired) electrons. The molecule has 1 unspecified atom stereocenters. The first-order chi connectivity index (χ1) is 8.74. The molecule has 0 bridgehead atoms. The number of rotatable bonds is 7. The average molecular weight is 312 g/mol. The van der Waals surface area contributed by atoms with Crippen LogP contribution in [-0.2, 0) is 0 Å². The summed E-state index contributed by atoms with van der Waals surface area (Å²) in [5.41, 5.74) is 1.33. The molecular formula is C15H22BrNO. The van der Waals surface area contributed by atoms with Crippen molar-refractivity contribution in [2.45, 2.75) is 38.6 Å². The summed E-state index contributed by atoms with van der Waals surface area (Å²) in [6, 6.07) is 6.69. The lowest BCUT2D eigenvalue weighted by atomic mass is 10.0. The number of hydrogen-bond donors (Lipinski definition) is 1. The second-order valence-corrected chi connectivity index (χ2v) is 5.93. The molecule has 0 heterocycles. The van der Waals surface area contributed by atoms with Crippen molar-refractivity contribution in [3.63, 3.8) is 0 Å². The number of hydrogen-bond acceptors (Lipinski definition) is 2. The Balaban J connectivity index is 2.15. The third-order valence-electron chi connectivity index (χ3n) is 3.49. The number of methoxy groups -OCH3 is 1. The molecule has 0 saturated heterocycles. The molecule has 2 nitrogen and oxygen atoms in total. The van der Waals surface area contributed by atoms with Gasteiger partial charge in [0, 0.05) is 10.5 Å². The number of nitrogens with one attached hydrogen (secondary N) is 1. The molecule has 1 N–H and O–H groups in total. The molecule has 1 aliphatic carbocycles. The van der Waals surface area contributed by atoms with Gasteiger partial charge in [0.05, 0.1) is 7.11 Å². The van der Waals surface area contributed by atoms with Gasteiger partial charge in [-0.05, 0) is 49.1 Å². The summed E-state index contributed by atoms with van der Waals surface area (Å²) >= 11 is 3.67. The highest BCUT2D eigenvalue weighted by Crippen LogP contribution is 2.39. The topological polar surface area (TPSA) is 21.3 Å². The normalized spacial score (nSPS) is 16.6. The van der Waals surface area contributed by atoms with Crippen molar-refractivity contribution in [1.82, 2.24) is 5.32 Å². The van der Waals surface area contributed by atoms with Crippen LogP contribution >= 0.6 is 15.9 Å². The summed E-state index contributed by atoms with van der Waals surface area (Å²) in [6.45, 7) is 3.28. The highest BCUT2D eigenvalue weighted by molar-refractivity contribution is 9.10. The van der Waals surface area contributed by atoms with E-state index in [2.05, 4.69) is 40.3 Å². The van der Waals surface area contributed by atoms with E-state index in [0.717, 1.165) is 18.2 Å². The van der Waals surface area contributed by atoms with E-state index in [0.29, 0.717) is 6.04 Å². The number of benzene rings is 1. The molecule has 3 heteroatoms. The van der Waals surface area contributed by atoms with E-state index < -0.39 is 0 Å². The van der Waals surface area contributed by atoms with E-state index in [-0.39, 0.29) is 0 Å². The van der Waals surface area contributed by atoms with Crippen molar-refractivity contribution in [3.05, 3.63) is 28.2 Å². The van der Waals surface area contributed by atoms with E-state index >= 15 is 0 Å². The van der Waals surface area contributed by atoms with Gasteiger partial charge in [-0.15, -0.1) is 0 Å². The van der Waals surface area contributed by atoms with Gasteiger partial charge in [0.15, 0.2) is 0 Å². The monoisotopic (exact) mass is 311 g/mol. The molecule has 1 saturated carbocycles. The van der Waals surface area contributed by atoms with Gasteiger partial charge in [-0.2, -0.15) is 0 Å². The van der Waals surface area contributed by atoms with Crippen molar-refractivity contribution < 1.29 is 4.74 Å². The van der Waals surface area contributed by atoms with E-state index in [1.807, 2.05) is 6.07 Å². The zero-order chi connectivity index (χ0) is 13.0. The molecule has 1 fully saturated rings.